The lowest BCUT2D eigenvalue weighted by Crippen LogP contribution is -2.42. The first-order valence-corrected chi connectivity index (χ1v) is 8.29. The molecule has 1 amide bonds. The molecular formula is C20H25FN2O. The molecule has 0 aliphatic heterocycles. The van der Waals surface area contributed by atoms with Gasteiger partial charge in [0.05, 0.1) is 6.04 Å². The Balaban J connectivity index is 1.85. The molecule has 2 aromatic carbocycles. The Bertz CT molecular complexity index is 652. The number of likely N-dealkylation sites (N-methyl/N-ethyl adjacent to an activating group) is 1. The molecule has 128 valence electrons. The van der Waals surface area contributed by atoms with Crippen molar-refractivity contribution in [3.8, 4) is 0 Å². The van der Waals surface area contributed by atoms with Gasteiger partial charge in [0.2, 0.25) is 5.91 Å². The summed E-state index contributed by atoms with van der Waals surface area (Å²) in [5.74, 6) is -0.306. The Morgan fingerprint density at radius 1 is 1.04 bits per heavy atom. The maximum absolute atomic E-state index is 12.9. The zero-order valence-corrected chi connectivity index (χ0v) is 14.6. The average molecular weight is 328 g/mol. The molecule has 4 heteroatoms. The van der Waals surface area contributed by atoms with Crippen molar-refractivity contribution in [2.75, 3.05) is 7.05 Å². The number of hydrogen-bond acceptors (Lipinski definition) is 2. The van der Waals surface area contributed by atoms with E-state index < -0.39 is 0 Å². The van der Waals surface area contributed by atoms with Crippen LogP contribution in [0, 0.1) is 5.82 Å². The van der Waals surface area contributed by atoms with Gasteiger partial charge in [0.15, 0.2) is 0 Å². The summed E-state index contributed by atoms with van der Waals surface area (Å²) in [6.45, 7) is 5.15. The average Bonchev–Trinajstić information content (AvgIpc) is 2.61. The molecule has 0 aliphatic rings. The third-order valence-electron chi connectivity index (χ3n) is 4.28. The molecule has 0 bridgehead atoms. The van der Waals surface area contributed by atoms with E-state index in [1.54, 1.807) is 12.1 Å². The summed E-state index contributed by atoms with van der Waals surface area (Å²) in [5, 5.41) is 2.90. The quantitative estimate of drug-likeness (QED) is 0.843. The standard InChI is InChI=1S/C20H25FN2O/c1-4-16-5-7-18(8-6-16)14-23(3)15(2)20(24)22-13-17-9-11-19(21)12-10-17/h5-12,15H,4,13-14H2,1-3H3,(H,22,24). The second-order valence-electron chi connectivity index (χ2n) is 6.11. The van der Waals surface area contributed by atoms with Gasteiger partial charge in [-0.05, 0) is 49.2 Å². The zero-order chi connectivity index (χ0) is 17.5. The van der Waals surface area contributed by atoms with Crippen molar-refractivity contribution in [1.29, 1.82) is 0 Å². The smallest absolute Gasteiger partial charge is 0.237 e. The fraction of sp³-hybridized carbons (Fsp3) is 0.350. The van der Waals surface area contributed by atoms with Crippen molar-refractivity contribution in [3.05, 3.63) is 71.0 Å². The van der Waals surface area contributed by atoms with Crippen LogP contribution in [0.3, 0.4) is 0 Å². The molecule has 2 rings (SSSR count). The predicted molar refractivity (Wildman–Crippen MR) is 95.0 cm³/mol. The van der Waals surface area contributed by atoms with E-state index in [1.165, 1.54) is 23.3 Å². The van der Waals surface area contributed by atoms with Gasteiger partial charge in [-0.2, -0.15) is 0 Å². The van der Waals surface area contributed by atoms with Gasteiger partial charge in [0.1, 0.15) is 5.82 Å². The summed E-state index contributed by atoms with van der Waals surface area (Å²) in [4.78, 5) is 14.3. The first-order chi connectivity index (χ1) is 11.5. The van der Waals surface area contributed by atoms with E-state index in [1.807, 2.05) is 18.9 Å². The van der Waals surface area contributed by atoms with E-state index >= 15 is 0 Å². The van der Waals surface area contributed by atoms with Crippen molar-refractivity contribution in [1.82, 2.24) is 10.2 Å². The summed E-state index contributed by atoms with van der Waals surface area (Å²) in [6.07, 6.45) is 1.03. The Morgan fingerprint density at radius 2 is 1.58 bits per heavy atom. The number of nitrogens with zero attached hydrogens (tertiary/aromatic N) is 1. The van der Waals surface area contributed by atoms with Gasteiger partial charge in [-0.15, -0.1) is 0 Å². The maximum atomic E-state index is 12.9. The van der Waals surface area contributed by atoms with Crippen molar-refractivity contribution in [2.24, 2.45) is 0 Å². The molecule has 0 saturated heterocycles. The minimum atomic E-state index is -0.271. The number of aryl methyl sites for hydroxylation is 1. The molecular weight excluding hydrogens is 303 g/mol. The van der Waals surface area contributed by atoms with Gasteiger partial charge < -0.3 is 5.32 Å². The van der Waals surface area contributed by atoms with Crippen molar-refractivity contribution < 1.29 is 9.18 Å². The number of amides is 1. The maximum Gasteiger partial charge on any atom is 0.237 e. The summed E-state index contributed by atoms with van der Waals surface area (Å²) in [5.41, 5.74) is 3.38. The van der Waals surface area contributed by atoms with Crippen LogP contribution in [0.2, 0.25) is 0 Å². The first kappa shape index (κ1) is 18.1. The highest BCUT2D eigenvalue weighted by atomic mass is 19.1. The SMILES string of the molecule is CCc1ccc(CN(C)C(C)C(=O)NCc2ccc(F)cc2)cc1. The second-order valence-corrected chi connectivity index (χ2v) is 6.11. The summed E-state index contributed by atoms with van der Waals surface area (Å²) in [7, 11) is 1.94. The summed E-state index contributed by atoms with van der Waals surface area (Å²) < 4.78 is 12.9. The number of benzene rings is 2. The second kappa shape index (κ2) is 8.60. The van der Waals surface area contributed by atoms with Crippen molar-refractivity contribution in [3.63, 3.8) is 0 Å². The van der Waals surface area contributed by atoms with Gasteiger partial charge in [-0.25, -0.2) is 4.39 Å². The molecule has 1 N–H and O–H groups in total. The summed E-state index contributed by atoms with van der Waals surface area (Å²) >= 11 is 0. The van der Waals surface area contributed by atoms with Crippen LogP contribution >= 0.6 is 0 Å². The van der Waals surface area contributed by atoms with Crippen LogP contribution in [0.4, 0.5) is 4.39 Å². The van der Waals surface area contributed by atoms with E-state index in [4.69, 9.17) is 0 Å². The molecule has 3 nitrogen and oxygen atoms in total. The van der Waals surface area contributed by atoms with Crippen LogP contribution in [0.15, 0.2) is 48.5 Å². The third-order valence-corrected chi connectivity index (χ3v) is 4.28. The Hall–Kier alpha value is -2.20. The minimum Gasteiger partial charge on any atom is -0.351 e. The molecule has 0 fully saturated rings. The largest absolute Gasteiger partial charge is 0.351 e. The van der Waals surface area contributed by atoms with E-state index in [2.05, 4.69) is 36.5 Å². The monoisotopic (exact) mass is 328 g/mol. The zero-order valence-electron chi connectivity index (χ0n) is 14.6. The molecule has 0 heterocycles. The van der Waals surface area contributed by atoms with Crippen LogP contribution in [-0.2, 0) is 24.3 Å². The topological polar surface area (TPSA) is 32.3 Å². The Kier molecular flexibility index (Phi) is 6.50. The highest BCUT2D eigenvalue weighted by Crippen LogP contribution is 2.10. The van der Waals surface area contributed by atoms with E-state index in [-0.39, 0.29) is 17.8 Å². The van der Waals surface area contributed by atoms with Gasteiger partial charge in [0.25, 0.3) is 0 Å². The van der Waals surface area contributed by atoms with Crippen molar-refractivity contribution in [2.45, 2.75) is 39.4 Å². The molecule has 0 aromatic heterocycles. The molecule has 1 unspecified atom stereocenters. The highest BCUT2D eigenvalue weighted by Gasteiger charge is 2.17. The molecule has 1 atom stereocenters. The van der Waals surface area contributed by atoms with Crippen LogP contribution in [0.25, 0.3) is 0 Å². The number of nitrogens with one attached hydrogen (secondary N) is 1. The van der Waals surface area contributed by atoms with Crippen LogP contribution in [0.1, 0.15) is 30.5 Å². The lowest BCUT2D eigenvalue weighted by molar-refractivity contribution is -0.125. The van der Waals surface area contributed by atoms with E-state index in [0.717, 1.165) is 18.5 Å². The fourth-order valence-electron chi connectivity index (χ4n) is 2.44. The first-order valence-electron chi connectivity index (χ1n) is 8.29. The predicted octanol–water partition coefficient (Wildman–Crippen LogP) is 3.52. The molecule has 0 spiro atoms. The number of rotatable bonds is 7. The Labute approximate surface area is 143 Å². The van der Waals surface area contributed by atoms with E-state index in [9.17, 15) is 9.18 Å². The molecule has 2 aromatic rings. The van der Waals surface area contributed by atoms with Crippen LogP contribution < -0.4 is 5.32 Å². The molecule has 0 radical (unpaired) electrons. The number of halogens is 1. The number of carbonyl (C=O) groups excluding carboxylic acids is 1. The van der Waals surface area contributed by atoms with Crippen LogP contribution in [0.5, 0.6) is 0 Å². The molecule has 0 saturated carbocycles. The Morgan fingerprint density at radius 3 is 2.17 bits per heavy atom. The van der Waals surface area contributed by atoms with Gasteiger partial charge >= 0.3 is 0 Å². The lowest BCUT2D eigenvalue weighted by atomic mass is 10.1. The van der Waals surface area contributed by atoms with Gasteiger partial charge in [0, 0.05) is 13.1 Å². The minimum absolute atomic E-state index is 0.0352. The number of carbonyl (C=O) groups is 1. The fourth-order valence-corrected chi connectivity index (χ4v) is 2.44. The third kappa shape index (κ3) is 5.17. The molecule has 24 heavy (non-hydrogen) atoms. The van der Waals surface area contributed by atoms with Crippen LogP contribution in [-0.4, -0.2) is 23.9 Å². The highest BCUT2D eigenvalue weighted by molar-refractivity contribution is 5.81. The van der Waals surface area contributed by atoms with E-state index in [0.29, 0.717) is 6.54 Å². The van der Waals surface area contributed by atoms with Gasteiger partial charge in [-0.1, -0.05) is 43.3 Å². The number of hydrogen-bond donors (Lipinski definition) is 1. The molecule has 0 aliphatic carbocycles. The van der Waals surface area contributed by atoms with Gasteiger partial charge in [-0.3, -0.25) is 9.69 Å². The van der Waals surface area contributed by atoms with Crippen molar-refractivity contribution >= 4 is 5.91 Å². The normalized spacial score (nSPS) is 12.2. The summed E-state index contributed by atoms with van der Waals surface area (Å²) in [6, 6.07) is 14.4. The lowest BCUT2D eigenvalue weighted by Gasteiger charge is -2.24.